The van der Waals surface area contributed by atoms with Crippen molar-refractivity contribution in [3.05, 3.63) is 29.8 Å². The van der Waals surface area contributed by atoms with Crippen molar-refractivity contribution in [1.29, 1.82) is 0 Å². The van der Waals surface area contributed by atoms with E-state index in [4.69, 9.17) is 16.3 Å². The van der Waals surface area contributed by atoms with E-state index in [0.29, 0.717) is 0 Å². The van der Waals surface area contributed by atoms with Crippen LogP contribution >= 0.6 is 11.6 Å². The predicted molar refractivity (Wildman–Crippen MR) is 72.5 cm³/mol. The third-order valence-corrected chi connectivity index (χ3v) is 5.31. The molecule has 4 heteroatoms. The molecule has 0 radical (unpaired) electrons. The molecule has 3 aliphatic rings. The fourth-order valence-electron chi connectivity index (χ4n) is 3.85. The van der Waals surface area contributed by atoms with Gasteiger partial charge in [-0.25, -0.2) is 0 Å². The molecule has 1 aromatic carbocycles. The van der Waals surface area contributed by atoms with Gasteiger partial charge in [0.25, 0.3) is 0 Å². The van der Waals surface area contributed by atoms with Crippen LogP contribution in [0, 0.1) is 11.8 Å². The number of likely N-dealkylation sites (tertiary alicyclic amines) is 1. The van der Waals surface area contributed by atoms with Gasteiger partial charge in [-0.15, -0.1) is 11.6 Å². The lowest BCUT2D eigenvalue weighted by Gasteiger charge is -2.42. The molecule has 0 spiro atoms. The van der Waals surface area contributed by atoms with Gasteiger partial charge in [-0.3, -0.25) is 4.79 Å². The summed E-state index contributed by atoms with van der Waals surface area (Å²) in [5.74, 6) is 1.75. The molecule has 19 heavy (non-hydrogen) atoms. The second-order valence-electron chi connectivity index (χ2n) is 5.89. The topological polar surface area (TPSA) is 29.5 Å². The quantitative estimate of drug-likeness (QED) is 0.681. The van der Waals surface area contributed by atoms with Gasteiger partial charge in [0.1, 0.15) is 11.9 Å². The van der Waals surface area contributed by atoms with Gasteiger partial charge >= 0.3 is 0 Å². The summed E-state index contributed by atoms with van der Waals surface area (Å²) < 4.78 is 6.09. The Morgan fingerprint density at radius 2 is 2.16 bits per heavy atom. The van der Waals surface area contributed by atoms with E-state index in [2.05, 4.69) is 6.07 Å². The normalized spacial score (nSPS) is 39.6. The van der Waals surface area contributed by atoms with Crippen molar-refractivity contribution in [1.82, 2.24) is 4.90 Å². The highest BCUT2D eigenvalue weighted by Gasteiger charge is 2.56. The number of ether oxygens (including phenoxy) is 1. The van der Waals surface area contributed by atoms with Crippen LogP contribution in [0.5, 0.6) is 5.75 Å². The lowest BCUT2D eigenvalue weighted by molar-refractivity contribution is -0.134. The SMILES string of the molecule is CN1C[C@@H]2c3ccccc3O[C@H]3C(Cl)CC3[C@@H]2C1=O. The summed E-state index contributed by atoms with van der Waals surface area (Å²) in [5, 5.41) is 0.0375. The van der Waals surface area contributed by atoms with Gasteiger partial charge in [0.2, 0.25) is 5.91 Å². The number of carbonyl (C=O) groups excluding carboxylic acids is 1. The van der Waals surface area contributed by atoms with Gasteiger partial charge in [-0.05, 0) is 18.1 Å². The Kier molecular flexibility index (Phi) is 2.37. The Bertz CT molecular complexity index is 547. The van der Waals surface area contributed by atoms with E-state index < -0.39 is 0 Å². The van der Waals surface area contributed by atoms with Crippen molar-refractivity contribution in [3.8, 4) is 5.75 Å². The van der Waals surface area contributed by atoms with Crippen molar-refractivity contribution < 1.29 is 9.53 Å². The summed E-state index contributed by atoms with van der Waals surface area (Å²) in [7, 11) is 1.90. The molecule has 1 amide bonds. The van der Waals surface area contributed by atoms with Crippen molar-refractivity contribution in [2.24, 2.45) is 11.8 Å². The summed E-state index contributed by atoms with van der Waals surface area (Å²) in [5.41, 5.74) is 1.17. The van der Waals surface area contributed by atoms with Crippen LogP contribution in [0.25, 0.3) is 0 Å². The van der Waals surface area contributed by atoms with E-state index >= 15 is 0 Å². The largest absolute Gasteiger partial charge is 0.488 e. The van der Waals surface area contributed by atoms with Crippen LogP contribution in [-0.4, -0.2) is 35.9 Å². The van der Waals surface area contributed by atoms with Crippen LogP contribution in [-0.2, 0) is 4.79 Å². The molecule has 2 aliphatic heterocycles. The van der Waals surface area contributed by atoms with Crippen molar-refractivity contribution >= 4 is 17.5 Å². The molecule has 1 saturated carbocycles. The molecule has 2 fully saturated rings. The van der Waals surface area contributed by atoms with Gasteiger partial charge < -0.3 is 9.64 Å². The predicted octanol–water partition coefficient (Wildman–Crippen LogP) is 2.25. The van der Waals surface area contributed by atoms with Crippen LogP contribution in [0.1, 0.15) is 17.9 Å². The summed E-state index contributed by atoms with van der Waals surface area (Å²) in [6.45, 7) is 0.792. The minimum absolute atomic E-state index is 0.00623. The standard InChI is InChI=1S/C15H16ClNO2/c1-17-7-10-8-4-2-3-5-12(8)19-14-9(6-11(14)16)13(10)15(17)18/h2-5,9-11,13-14H,6-7H2,1H3/t9?,10-,11?,13+,14-/m1/s1. The average Bonchev–Trinajstić information content (AvgIpc) is 2.63. The minimum Gasteiger partial charge on any atom is -0.488 e. The Hall–Kier alpha value is -1.22. The monoisotopic (exact) mass is 277 g/mol. The number of para-hydroxylation sites is 1. The molecule has 0 N–H and O–H groups in total. The van der Waals surface area contributed by atoms with E-state index in [9.17, 15) is 4.79 Å². The molecule has 2 unspecified atom stereocenters. The molecule has 1 saturated heterocycles. The van der Waals surface area contributed by atoms with E-state index in [1.165, 1.54) is 5.56 Å². The molecule has 4 rings (SSSR count). The smallest absolute Gasteiger partial charge is 0.226 e. The molecule has 5 atom stereocenters. The van der Waals surface area contributed by atoms with Crippen LogP contribution in [0.3, 0.4) is 0 Å². The van der Waals surface area contributed by atoms with Gasteiger partial charge in [0.15, 0.2) is 0 Å². The molecule has 3 nitrogen and oxygen atoms in total. The minimum atomic E-state index is -0.00623. The molecular weight excluding hydrogens is 262 g/mol. The van der Waals surface area contributed by atoms with E-state index in [1.807, 2.05) is 30.1 Å². The van der Waals surface area contributed by atoms with E-state index in [1.54, 1.807) is 0 Å². The van der Waals surface area contributed by atoms with Gasteiger partial charge in [-0.2, -0.15) is 0 Å². The first-order valence-corrected chi connectivity index (χ1v) is 7.25. The number of amides is 1. The summed E-state index contributed by atoms with van der Waals surface area (Å²) in [6, 6.07) is 8.09. The Balaban J connectivity index is 1.84. The highest BCUT2D eigenvalue weighted by Crippen LogP contribution is 2.52. The van der Waals surface area contributed by atoms with Crippen LogP contribution < -0.4 is 4.74 Å². The van der Waals surface area contributed by atoms with Crippen molar-refractivity contribution in [3.63, 3.8) is 0 Å². The molecular formula is C15H16ClNO2. The Morgan fingerprint density at radius 1 is 1.37 bits per heavy atom. The molecule has 100 valence electrons. The van der Waals surface area contributed by atoms with E-state index in [0.717, 1.165) is 18.7 Å². The number of hydrogen-bond acceptors (Lipinski definition) is 2. The number of rotatable bonds is 0. The highest BCUT2D eigenvalue weighted by atomic mass is 35.5. The lowest BCUT2D eigenvalue weighted by atomic mass is 9.68. The summed E-state index contributed by atoms with van der Waals surface area (Å²) in [6.07, 6.45) is 0.884. The fraction of sp³-hybridized carbons (Fsp3) is 0.533. The first-order valence-electron chi connectivity index (χ1n) is 6.81. The van der Waals surface area contributed by atoms with Crippen LogP contribution in [0.4, 0.5) is 0 Å². The average molecular weight is 278 g/mol. The fourth-order valence-corrected chi connectivity index (χ4v) is 4.30. The maximum atomic E-state index is 12.4. The molecule has 1 aliphatic carbocycles. The number of benzene rings is 1. The number of fused-ring (bicyclic) bond motifs is 5. The Labute approximate surface area is 117 Å². The maximum absolute atomic E-state index is 12.4. The third-order valence-electron chi connectivity index (χ3n) is 4.88. The first-order chi connectivity index (χ1) is 9.16. The molecule has 0 aromatic heterocycles. The molecule has 0 bridgehead atoms. The third kappa shape index (κ3) is 1.48. The first kappa shape index (κ1) is 11.6. The number of alkyl halides is 1. The highest BCUT2D eigenvalue weighted by molar-refractivity contribution is 6.21. The lowest BCUT2D eigenvalue weighted by Crippen LogP contribution is -2.51. The second kappa shape index (κ2) is 3.89. The zero-order valence-electron chi connectivity index (χ0n) is 10.8. The second-order valence-corrected chi connectivity index (χ2v) is 6.45. The number of likely N-dealkylation sites (N-methyl/N-ethyl adjacent to an activating group) is 1. The van der Waals surface area contributed by atoms with Gasteiger partial charge in [0.05, 0.1) is 11.3 Å². The summed E-state index contributed by atoms with van der Waals surface area (Å²) in [4.78, 5) is 14.3. The summed E-state index contributed by atoms with van der Waals surface area (Å²) >= 11 is 6.29. The van der Waals surface area contributed by atoms with Crippen molar-refractivity contribution in [2.75, 3.05) is 13.6 Å². The number of carbonyl (C=O) groups is 1. The maximum Gasteiger partial charge on any atom is 0.226 e. The molecule has 2 heterocycles. The number of halogens is 1. The van der Waals surface area contributed by atoms with Crippen molar-refractivity contribution in [2.45, 2.75) is 23.8 Å². The number of nitrogens with zero attached hydrogens (tertiary/aromatic N) is 1. The zero-order chi connectivity index (χ0) is 13.1. The van der Waals surface area contributed by atoms with Gasteiger partial charge in [-0.1, -0.05) is 18.2 Å². The van der Waals surface area contributed by atoms with Crippen LogP contribution in [0.2, 0.25) is 0 Å². The van der Waals surface area contributed by atoms with E-state index in [-0.39, 0.29) is 35.1 Å². The Morgan fingerprint density at radius 3 is 2.95 bits per heavy atom. The zero-order valence-corrected chi connectivity index (χ0v) is 11.5. The van der Waals surface area contributed by atoms with Crippen LogP contribution in [0.15, 0.2) is 24.3 Å². The molecule has 1 aromatic rings. The number of hydrogen-bond donors (Lipinski definition) is 0. The van der Waals surface area contributed by atoms with Gasteiger partial charge in [0, 0.05) is 25.4 Å².